The van der Waals surface area contributed by atoms with Crippen LogP contribution in [0.1, 0.15) is 25.7 Å². The van der Waals surface area contributed by atoms with Gasteiger partial charge in [-0.25, -0.2) is 8.78 Å². The van der Waals surface area contributed by atoms with Gasteiger partial charge in [0.1, 0.15) is 17.3 Å². The first-order chi connectivity index (χ1) is 9.69. The van der Waals surface area contributed by atoms with Gasteiger partial charge >= 0.3 is 0 Å². The van der Waals surface area contributed by atoms with Gasteiger partial charge in [-0.1, -0.05) is 6.07 Å². The van der Waals surface area contributed by atoms with Crippen LogP contribution >= 0.6 is 11.8 Å². The molecule has 2 heterocycles. The summed E-state index contributed by atoms with van der Waals surface area (Å²) < 4.78 is 33.4. The van der Waals surface area contributed by atoms with Crippen molar-refractivity contribution in [3.05, 3.63) is 29.8 Å². The summed E-state index contributed by atoms with van der Waals surface area (Å²) in [6.45, 7) is 0.665. The molecule has 5 heteroatoms. The molecule has 20 heavy (non-hydrogen) atoms. The maximum atomic E-state index is 13.7. The molecule has 2 aliphatic heterocycles. The lowest BCUT2D eigenvalue weighted by Crippen LogP contribution is -2.46. The Morgan fingerprint density at radius 1 is 1.20 bits per heavy atom. The molecule has 2 fully saturated rings. The minimum absolute atomic E-state index is 0.000246. The standard InChI is InChI=1S/C15H19F2NOS/c16-12-2-1-3-13(17)14(12)18-11-4-7-19-15(10-11)5-8-20-9-6-15/h1-3,11,18H,4-10H2. The Balaban J connectivity index is 1.71. The average molecular weight is 299 g/mol. The van der Waals surface area contributed by atoms with E-state index in [0.717, 1.165) is 37.2 Å². The molecule has 1 aromatic carbocycles. The molecule has 2 aliphatic rings. The quantitative estimate of drug-likeness (QED) is 0.897. The van der Waals surface area contributed by atoms with Crippen LogP contribution in [-0.4, -0.2) is 29.8 Å². The van der Waals surface area contributed by atoms with Crippen LogP contribution in [0.15, 0.2) is 18.2 Å². The lowest BCUT2D eigenvalue weighted by Gasteiger charge is -2.43. The Kier molecular flexibility index (Phi) is 4.17. The molecule has 1 unspecified atom stereocenters. The molecule has 1 aromatic rings. The van der Waals surface area contributed by atoms with Gasteiger partial charge in [-0.15, -0.1) is 0 Å². The summed E-state index contributed by atoms with van der Waals surface area (Å²) in [6.07, 6.45) is 3.70. The Morgan fingerprint density at radius 2 is 1.90 bits per heavy atom. The molecule has 110 valence electrons. The van der Waals surface area contributed by atoms with Crippen molar-refractivity contribution in [2.24, 2.45) is 0 Å². The molecular formula is C15H19F2NOS. The van der Waals surface area contributed by atoms with Gasteiger partial charge < -0.3 is 10.1 Å². The van der Waals surface area contributed by atoms with Crippen LogP contribution in [0.3, 0.4) is 0 Å². The summed E-state index contributed by atoms with van der Waals surface area (Å²) in [4.78, 5) is 0. The fourth-order valence-corrected chi connectivity index (χ4v) is 4.32. The molecular weight excluding hydrogens is 280 g/mol. The number of benzene rings is 1. The van der Waals surface area contributed by atoms with Crippen molar-refractivity contribution in [2.45, 2.75) is 37.3 Å². The fourth-order valence-electron chi connectivity index (χ4n) is 3.08. The monoisotopic (exact) mass is 299 g/mol. The molecule has 0 aromatic heterocycles. The van der Waals surface area contributed by atoms with Crippen LogP contribution < -0.4 is 5.32 Å². The van der Waals surface area contributed by atoms with Crippen LogP contribution in [0, 0.1) is 11.6 Å². The zero-order valence-electron chi connectivity index (χ0n) is 11.3. The van der Waals surface area contributed by atoms with Crippen LogP contribution in [0.5, 0.6) is 0 Å². The summed E-state index contributed by atoms with van der Waals surface area (Å²) in [5, 5.41) is 3.05. The predicted octanol–water partition coefficient (Wildman–Crippen LogP) is 3.82. The van der Waals surface area contributed by atoms with Crippen molar-refractivity contribution >= 4 is 17.4 Å². The number of anilines is 1. The van der Waals surface area contributed by atoms with E-state index in [4.69, 9.17) is 4.74 Å². The Labute approximate surface area is 122 Å². The van der Waals surface area contributed by atoms with Crippen LogP contribution in [0.25, 0.3) is 0 Å². The number of halogens is 2. The molecule has 2 saturated heterocycles. The molecule has 0 radical (unpaired) electrons. The number of hydrogen-bond donors (Lipinski definition) is 1. The average Bonchev–Trinajstić information content (AvgIpc) is 2.44. The van der Waals surface area contributed by atoms with Crippen molar-refractivity contribution < 1.29 is 13.5 Å². The van der Waals surface area contributed by atoms with Crippen molar-refractivity contribution in [1.82, 2.24) is 0 Å². The second kappa shape index (κ2) is 5.90. The number of hydrogen-bond acceptors (Lipinski definition) is 3. The first-order valence-electron chi connectivity index (χ1n) is 7.11. The van der Waals surface area contributed by atoms with Gasteiger partial charge in [-0.05, 0) is 49.3 Å². The van der Waals surface area contributed by atoms with E-state index < -0.39 is 11.6 Å². The topological polar surface area (TPSA) is 21.3 Å². The van der Waals surface area contributed by atoms with E-state index in [1.807, 2.05) is 11.8 Å². The summed E-state index contributed by atoms with van der Waals surface area (Å²) in [5.41, 5.74) is -0.0807. The highest BCUT2D eigenvalue weighted by molar-refractivity contribution is 7.99. The maximum Gasteiger partial charge on any atom is 0.149 e. The number of nitrogens with one attached hydrogen (secondary N) is 1. The van der Waals surface area contributed by atoms with Gasteiger partial charge in [0.25, 0.3) is 0 Å². The van der Waals surface area contributed by atoms with E-state index in [9.17, 15) is 8.78 Å². The van der Waals surface area contributed by atoms with E-state index in [-0.39, 0.29) is 17.3 Å². The molecule has 0 saturated carbocycles. The van der Waals surface area contributed by atoms with Crippen LogP contribution in [-0.2, 0) is 4.74 Å². The molecule has 0 aliphatic carbocycles. The minimum Gasteiger partial charge on any atom is -0.377 e. The normalized spacial score (nSPS) is 25.6. The van der Waals surface area contributed by atoms with E-state index in [0.29, 0.717) is 6.61 Å². The molecule has 1 N–H and O–H groups in total. The third-order valence-corrected chi connectivity index (χ3v) is 5.19. The van der Waals surface area contributed by atoms with Gasteiger partial charge in [0, 0.05) is 12.6 Å². The number of ether oxygens (including phenoxy) is 1. The van der Waals surface area contributed by atoms with Gasteiger partial charge in [-0.2, -0.15) is 11.8 Å². The largest absolute Gasteiger partial charge is 0.377 e. The van der Waals surface area contributed by atoms with E-state index in [2.05, 4.69) is 5.32 Å². The second-order valence-corrected chi connectivity index (χ2v) is 6.80. The highest BCUT2D eigenvalue weighted by Gasteiger charge is 2.39. The van der Waals surface area contributed by atoms with Crippen molar-refractivity contribution in [3.8, 4) is 0 Å². The zero-order valence-corrected chi connectivity index (χ0v) is 12.1. The lowest BCUT2D eigenvalue weighted by atomic mass is 9.85. The number of para-hydroxylation sites is 1. The van der Waals surface area contributed by atoms with E-state index in [1.165, 1.54) is 18.2 Å². The third kappa shape index (κ3) is 2.93. The molecule has 1 atom stereocenters. The Bertz CT molecular complexity index is 451. The Hall–Kier alpha value is -0.810. The van der Waals surface area contributed by atoms with Crippen molar-refractivity contribution in [1.29, 1.82) is 0 Å². The van der Waals surface area contributed by atoms with E-state index in [1.54, 1.807) is 0 Å². The predicted molar refractivity (Wildman–Crippen MR) is 78.2 cm³/mol. The van der Waals surface area contributed by atoms with Gasteiger partial charge in [0.05, 0.1) is 5.60 Å². The second-order valence-electron chi connectivity index (χ2n) is 5.57. The summed E-state index contributed by atoms with van der Waals surface area (Å²) in [7, 11) is 0. The molecule has 3 rings (SSSR count). The maximum absolute atomic E-state index is 13.7. The minimum atomic E-state index is -0.523. The van der Waals surface area contributed by atoms with E-state index >= 15 is 0 Å². The summed E-state index contributed by atoms with van der Waals surface area (Å²) >= 11 is 1.95. The molecule has 0 amide bonds. The SMILES string of the molecule is Fc1cccc(F)c1NC1CCOC2(CCSCC2)C1. The number of rotatable bonds is 2. The third-order valence-electron chi connectivity index (χ3n) is 4.21. The summed E-state index contributed by atoms with van der Waals surface area (Å²) in [6, 6.07) is 4.05. The van der Waals surface area contributed by atoms with Gasteiger partial charge in [-0.3, -0.25) is 0 Å². The summed E-state index contributed by atoms with van der Waals surface area (Å²) in [5.74, 6) is 1.18. The Morgan fingerprint density at radius 3 is 2.60 bits per heavy atom. The van der Waals surface area contributed by atoms with Crippen LogP contribution in [0.2, 0.25) is 0 Å². The molecule has 2 nitrogen and oxygen atoms in total. The highest BCUT2D eigenvalue weighted by Crippen LogP contribution is 2.38. The fraction of sp³-hybridized carbons (Fsp3) is 0.600. The molecule has 0 bridgehead atoms. The highest BCUT2D eigenvalue weighted by atomic mass is 32.2. The van der Waals surface area contributed by atoms with Crippen molar-refractivity contribution in [2.75, 3.05) is 23.4 Å². The lowest BCUT2D eigenvalue weighted by molar-refractivity contribution is -0.0866. The number of thioether (sulfide) groups is 1. The van der Waals surface area contributed by atoms with Crippen molar-refractivity contribution in [3.63, 3.8) is 0 Å². The van der Waals surface area contributed by atoms with Crippen LogP contribution in [0.4, 0.5) is 14.5 Å². The first kappa shape index (κ1) is 14.1. The van der Waals surface area contributed by atoms with Gasteiger partial charge in [0.15, 0.2) is 0 Å². The first-order valence-corrected chi connectivity index (χ1v) is 8.26. The van der Waals surface area contributed by atoms with Gasteiger partial charge in [0.2, 0.25) is 0 Å². The smallest absolute Gasteiger partial charge is 0.149 e. The molecule has 1 spiro atoms. The zero-order chi connectivity index (χ0) is 14.0.